The molecular weight excluding hydrogens is 665 g/mol. The molecule has 2 aliphatic heterocycles. The van der Waals surface area contributed by atoms with E-state index in [1.165, 1.54) is 22.1 Å². The standard InChI is InChI=1S/C23H23F3N4O3.C9H14N4O2S/c24-23(25,26)19-4-5-20(27-15-19)14-17-2-6-21(7-3-17)33-22(31)29-12-8-18(9-13-29)16-32-30-11-1-10-28-30;14-9(15)13-3-1-7(2-4-13)5-16-8-10-6-11-12-8/h1-7,10-11,15,18H,8-9,12-14,16H2;6-7H,1-5H2,(H,14,15)(H,10,11,12). The number of benzene rings is 1. The van der Waals surface area contributed by atoms with Gasteiger partial charge in [-0.15, -0.1) is 9.94 Å². The van der Waals surface area contributed by atoms with Gasteiger partial charge in [0.2, 0.25) is 0 Å². The van der Waals surface area contributed by atoms with Crippen molar-refractivity contribution in [1.82, 2.24) is 39.9 Å². The van der Waals surface area contributed by atoms with Crippen molar-refractivity contribution in [1.29, 1.82) is 0 Å². The highest BCUT2D eigenvalue weighted by atomic mass is 32.2. The van der Waals surface area contributed by atoms with Gasteiger partial charge in [-0.05, 0) is 73.4 Å². The summed E-state index contributed by atoms with van der Waals surface area (Å²) in [5.41, 5.74) is 0.593. The predicted octanol–water partition coefficient (Wildman–Crippen LogP) is 5.51. The Labute approximate surface area is 284 Å². The van der Waals surface area contributed by atoms with E-state index in [-0.39, 0.29) is 0 Å². The van der Waals surface area contributed by atoms with Crippen LogP contribution in [0.5, 0.6) is 5.75 Å². The summed E-state index contributed by atoms with van der Waals surface area (Å²) in [7, 11) is 0. The number of nitrogens with one attached hydrogen (secondary N) is 1. The maximum absolute atomic E-state index is 12.6. The lowest BCUT2D eigenvalue weighted by atomic mass is 9.98. The zero-order valence-corrected chi connectivity index (χ0v) is 27.4. The first-order chi connectivity index (χ1) is 23.6. The average Bonchev–Trinajstić information content (AvgIpc) is 3.83. The number of aromatic amines is 1. The van der Waals surface area contributed by atoms with E-state index in [9.17, 15) is 22.8 Å². The highest BCUT2D eigenvalue weighted by molar-refractivity contribution is 7.99. The molecule has 2 amide bonds. The van der Waals surface area contributed by atoms with Crippen LogP contribution >= 0.6 is 11.8 Å². The number of likely N-dealkylation sites (tertiary alicyclic amines) is 2. The number of thioether (sulfide) groups is 1. The van der Waals surface area contributed by atoms with Crippen LogP contribution in [0, 0.1) is 11.8 Å². The number of hydrogen-bond acceptors (Lipinski definition) is 9. The van der Waals surface area contributed by atoms with Crippen LogP contribution in [0.4, 0.5) is 22.8 Å². The summed E-state index contributed by atoms with van der Waals surface area (Å²) in [6.07, 6.45) is 3.98. The molecule has 0 radical (unpaired) electrons. The molecule has 3 aromatic heterocycles. The highest BCUT2D eigenvalue weighted by Crippen LogP contribution is 2.29. The van der Waals surface area contributed by atoms with Gasteiger partial charge in [-0.25, -0.2) is 14.6 Å². The van der Waals surface area contributed by atoms with Crippen molar-refractivity contribution < 1.29 is 37.4 Å². The molecule has 6 rings (SSSR count). The summed E-state index contributed by atoms with van der Waals surface area (Å²) in [5, 5.41) is 20.2. The van der Waals surface area contributed by atoms with Crippen molar-refractivity contribution in [3.05, 3.63) is 84.2 Å². The Morgan fingerprint density at radius 1 is 0.959 bits per heavy atom. The fourth-order valence-electron chi connectivity index (χ4n) is 5.29. The van der Waals surface area contributed by atoms with Gasteiger partial charge >= 0.3 is 18.4 Å². The number of H-pyrrole nitrogens is 1. The fourth-order valence-corrected chi connectivity index (χ4v) is 6.26. The number of hydrogen-bond donors (Lipinski definition) is 2. The van der Waals surface area contributed by atoms with Crippen molar-refractivity contribution in [2.75, 3.05) is 38.5 Å². The maximum atomic E-state index is 12.6. The smallest absolute Gasteiger partial charge is 0.417 e. The molecule has 2 fully saturated rings. The number of nitrogens with zero attached hydrogens (tertiary/aromatic N) is 7. The van der Waals surface area contributed by atoms with Crippen LogP contribution in [0.15, 0.2) is 72.5 Å². The van der Waals surface area contributed by atoms with E-state index in [1.54, 1.807) is 59.4 Å². The number of pyridine rings is 1. The molecule has 2 saturated heterocycles. The van der Waals surface area contributed by atoms with Crippen molar-refractivity contribution in [2.45, 2.75) is 43.4 Å². The molecule has 17 heteroatoms. The number of amides is 2. The van der Waals surface area contributed by atoms with Crippen molar-refractivity contribution in [3.63, 3.8) is 0 Å². The number of aromatic nitrogens is 6. The van der Waals surface area contributed by atoms with Gasteiger partial charge in [0.05, 0.1) is 18.0 Å². The van der Waals surface area contributed by atoms with Gasteiger partial charge in [-0.1, -0.05) is 23.9 Å². The minimum atomic E-state index is -4.40. The quantitative estimate of drug-likeness (QED) is 0.214. The van der Waals surface area contributed by atoms with Crippen LogP contribution in [0.25, 0.3) is 0 Å². The normalized spacial score (nSPS) is 15.7. The largest absolute Gasteiger partial charge is 0.465 e. The van der Waals surface area contributed by atoms with E-state index in [1.807, 2.05) is 0 Å². The predicted molar refractivity (Wildman–Crippen MR) is 172 cm³/mol. The molecule has 2 aliphatic rings. The fraction of sp³-hybridized carbons (Fsp3) is 0.438. The van der Waals surface area contributed by atoms with E-state index < -0.39 is 23.9 Å². The number of carbonyl (C=O) groups excluding carboxylic acids is 1. The number of carboxylic acid groups (broad SMARTS) is 1. The van der Waals surface area contributed by atoms with E-state index in [2.05, 4.69) is 25.3 Å². The van der Waals surface area contributed by atoms with Gasteiger partial charge in [0.15, 0.2) is 5.16 Å². The Hall–Kier alpha value is -4.80. The van der Waals surface area contributed by atoms with Crippen LogP contribution in [-0.4, -0.2) is 95.7 Å². The molecule has 0 atom stereocenters. The number of halogens is 3. The summed E-state index contributed by atoms with van der Waals surface area (Å²) in [4.78, 5) is 41.2. The third-order valence-electron chi connectivity index (χ3n) is 8.19. The summed E-state index contributed by atoms with van der Waals surface area (Å²) < 4.78 is 43.4. The SMILES string of the molecule is O=C(O)N1CCC(CSc2ncn[nH]2)CC1.O=C(Oc1ccc(Cc2ccc(C(F)(F)F)cn2)cc1)N1CCC(COn2cccn2)CC1. The molecule has 0 unspecified atom stereocenters. The first kappa shape index (κ1) is 35.5. The van der Waals surface area contributed by atoms with Gasteiger partial charge in [-0.2, -0.15) is 18.3 Å². The van der Waals surface area contributed by atoms with E-state index in [0.717, 1.165) is 54.4 Å². The molecule has 0 spiro atoms. The lowest BCUT2D eigenvalue weighted by Gasteiger charge is -2.30. The van der Waals surface area contributed by atoms with Crippen LogP contribution in [0.3, 0.4) is 0 Å². The minimum Gasteiger partial charge on any atom is -0.465 e. The lowest BCUT2D eigenvalue weighted by Crippen LogP contribution is -2.41. The minimum absolute atomic E-state index is 0.344. The molecule has 4 aromatic rings. The van der Waals surface area contributed by atoms with Crippen molar-refractivity contribution in [3.8, 4) is 5.75 Å². The molecule has 13 nitrogen and oxygen atoms in total. The molecule has 0 saturated carbocycles. The monoisotopic (exact) mass is 702 g/mol. The van der Waals surface area contributed by atoms with Crippen molar-refractivity contribution in [2.24, 2.45) is 11.8 Å². The first-order valence-electron chi connectivity index (χ1n) is 15.8. The van der Waals surface area contributed by atoms with Gasteiger partial charge < -0.3 is 24.5 Å². The second-order valence-corrected chi connectivity index (χ2v) is 12.7. The average molecular weight is 703 g/mol. The number of ether oxygens (including phenoxy) is 1. The molecule has 0 bridgehead atoms. The Kier molecular flexibility index (Phi) is 12.3. The first-order valence-corrected chi connectivity index (χ1v) is 16.8. The molecule has 49 heavy (non-hydrogen) atoms. The number of rotatable bonds is 9. The molecule has 262 valence electrons. The summed E-state index contributed by atoms with van der Waals surface area (Å²) >= 11 is 1.65. The Morgan fingerprint density at radius 2 is 1.67 bits per heavy atom. The number of piperidine rings is 2. The van der Waals surface area contributed by atoms with Crippen LogP contribution in [0.1, 0.15) is 42.5 Å². The zero-order chi connectivity index (χ0) is 34.6. The maximum Gasteiger partial charge on any atom is 0.417 e. The van der Waals surface area contributed by atoms with Crippen LogP contribution < -0.4 is 9.57 Å². The highest BCUT2D eigenvalue weighted by Gasteiger charge is 2.30. The van der Waals surface area contributed by atoms with Crippen molar-refractivity contribution >= 4 is 23.9 Å². The summed E-state index contributed by atoms with van der Waals surface area (Å²) in [6, 6.07) is 11.0. The molecule has 0 aliphatic carbocycles. The van der Waals surface area contributed by atoms with Gasteiger partial charge in [0.1, 0.15) is 18.7 Å². The van der Waals surface area contributed by atoms with E-state index in [4.69, 9.17) is 14.7 Å². The lowest BCUT2D eigenvalue weighted by molar-refractivity contribution is -0.137. The third kappa shape index (κ3) is 11.1. The second kappa shape index (κ2) is 17.0. The molecule has 2 N–H and O–H groups in total. The van der Waals surface area contributed by atoms with Gasteiger partial charge in [0.25, 0.3) is 0 Å². The van der Waals surface area contributed by atoms with Gasteiger partial charge in [-0.3, -0.25) is 10.1 Å². The number of alkyl halides is 3. The van der Waals surface area contributed by atoms with Gasteiger partial charge in [0, 0.05) is 50.2 Å². The molecule has 1 aromatic carbocycles. The van der Waals surface area contributed by atoms with Crippen LogP contribution in [0.2, 0.25) is 0 Å². The zero-order valence-electron chi connectivity index (χ0n) is 26.5. The summed E-state index contributed by atoms with van der Waals surface area (Å²) in [6.45, 7) is 3.01. The molecule has 5 heterocycles. The third-order valence-corrected chi connectivity index (χ3v) is 9.30. The summed E-state index contributed by atoms with van der Waals surface area (Å²) in [5.74, 6) is 2.30. The Morgan fingerprint density at radius 3 is 2.27 bits per heavy atom. The Balaban J connectivity index is 0.000000244. The van der Waals surface area contributed by atoms with Crippen LogP contribution in [-0.2, 0) is 12.6 Å². The second-order valence-electron chi connectivity index (χ2n) is 11.7. The van der Waals surface area contributed by atoms with E-state index in [0.29, 0.717) is 62.5 Å². The van der Waals surface area contributed by atoms with E-state index >= 15 is 0 Å². The topological polar surface area (TPSA) is 152 Å². The number of carbonyl (C=O) groups is 2. The Bertz CT molecular complexity index is 1580. The molecular formula is C32H37F3N8O5S.